The van der Waals surface area contributed by atoms with E-state index in [1.165, 1.54) is 18.9 Å². The first kappa shape index (κ1) is 19.6. The molecule has 0 aromatic heterocycles. The van der Waals surface area contributed by atoms with Gasteiger partial charge in [-0.15, -0.1) is 0 Å². The minimum absolute atomic E-state index is 0.00849. The van der Waals surface area contributed by atoms with Gasteiger partial charge in [-0.2, -0.15) is 0 Å². The highest BCUT2D eigenvalue weighted by Crippen LogP contribution is 2.01. The van der Waals surface area contributed by atoms with Crippen molar-refractivity contribution >= 4 is 21.7 Å². The van der Waals surface area contributed by atoms with Gasteiger partial charge < -0.3 is 14.6 Å². The number of carboxylic acids is 2. The van der Waals surface area contributed by atoms with E-state index in [0.29, 0.717) is 11.1 Å². The first-order valence-corrected chi connectivity index (χ1v) is 9.33. The Morgan fingerprint density at radius 3 is 1.42 bits per heavy atom. The molecule has 3 rings (SSSR count). The first-order valence-electron chi connectivity index (χ1n) is 7.75. The minimum atomic E-state index is -0.879. The van der Waals surface area contributed by atoms with E-state index in [-0.39, 0.29) is 9.76 Å². The highest BCUT2D eigenvalue weighted by molar-refractivity contribution is 6.27. The Labute approximate surface area is 143 Å². The van der Waals surface area contributed by atoms with Crippen molar-refractivity contribution in [3.05, 3.63) is 71.8 Å². The molecule has 128 valence electrons. The van der Waals surface area contributed by atoms with Crippen LogP contribution in [0.25, 0.3) is 0 Å². The third-order valence-electron chi connectivity index (χ3n) is 3.12. The zero-order chi connectivity index (χ0) is 17.6. The van der Waals surface area contributed by atoms with Gasteiger partial charge in [-0.3, -0.25) is 0 Å². The summed E-state index contributed by atoms with van der Waals surface area (Å²) in [5, 5.41) is 16.8. The maximum Gasteiger partial charge on any atom is 0.335 e. The Morgan fingerprint density at radius 2 is 1.25 bits per heavy atom. The van der Waals surface area contributed by atoms with E-state index >= 15 is 0 Å². The van der Waals surface area contributed by atoms with Crippen LogP contribution in [0.2, 0.25) is 6.04 Å². The third-order valence-corrected chi connectivity index (χ3v) is 4.48. The fourth-order valence-electron chi connectivity index (χ4n) is 1.85. The van der Waals surface area contributed by atoms with E-state index < -0.39 is 11.9 Å². The second-order valence-electron chi connectivity index (χ2n) is 5.02. The van der Waals surface area contributed by atoms with E-state index in [1.807, 2.05) is 0 Å². The molecule has 1 fully saturated rings. The van der Waals surface area contributed by atoms with E-state index in [4.69, 9.17) is 14.6 Å². The Hall–Kier alpha value is -2.44. The maximum atomic E-state index is 10.2. The average Bonchev–Trinajstić information content (AvgIpc) is 2.65. The maximum absolute atomic E-state index is 10.2. The molecular weight excluding hydrogens is 324 g/mol. The van der Waals surface area contributed by atoms with Crippen LogP contribution in [0, 0.1) is 0 Å². The van der Waals surface area contributed by atoms with Crippen molar-refractivity contribution in [2.45, 2.75) is 18.9 Å². The normalized spacial score (nSPS) is 13.7. The third kappa shape index (κ3) is 8.87. The smallest absolute Gasteiger partial charge is 0.335 e. The fraction of sp³-hybridized carbons (Fsp3) is 0.222. The molecule has 6 heteroatoms. The predicted molar refractivity (Wildman–Crippen MR) is 95.3 cm³/mol. The van der Waals surface area contributed by atoms with Crippen molar-refractivity contribution in [2.24, 2.45) is 0 Å². The topological polar surface area (TPSA) is 83.8 Å². The van der Waals surface area contributed by atoms with Gasteiger partial charge in [0.2, 0.25) is 0 Å². The van der Waals surface area contributed by atoms with E-state index in [0.717, 1.165) is 6.61 Å². The van der Waals surface area contributed by atoms with Crippen LogP contribution in [0.1, 0.15) is 33.6 Å². The lowest BCUT2D eigenvalue weighted by molar-refractivity contribution is 0.0686. The molecular formula is C18H22O5Si. The molecule has 0 amide bonds. The highest BCUT2D eigenvalue weighted by Gasteiger charge is 1.97. The molecule has 0 radical (unpaired) electrons. The molecule has 2 aromatic rings. The molecule has 0 bridgehead atoms. The summed E-state index contributed by atoms with van der Waals surface area (Å²) in [5.74, 6) is -1.76. The van der Waals surface area contributed by atoms with Crippen molar-refractivity contribution in [1.29, 1.82) is 0 Å². The van der Waals surface area contributed by atoms with E-state index in [1.54, 1.807) is 60.7 Å². The van der Waals surface area contributed by atoms with E-state index in [9.17, 15) is 9.59 Å². The summed E-state index contributed by atoms with van der Waals surface area (Å²) in [5.41, 5.74) is 0.662. The fourth-order valence-corrected chi connectivity index (χ4v) is 3.02. The first-order chi connectivity index (χ1) is 11.6. The van der Waals surface area contributed by atoms with E-state index in [2.05, 4.69) is 0 Å². The van der Waals surface area contributed by atoms with Crippen molar-refractivity contribution in [2.75, 3.05) is 6.61 Å². The summed E-state index contributed by atoms with van der Waals surface area (Å²) in [6.07, 6.45) is 2.75. The second-order valence-corrected chi connectivity index (χ2v) is 6.54. The Kier molecular flexibility index (Phi) is 9.83. The van der Waals surface area contributed by atoms with Gasteiger partial charge in [-0.05, 0) is 36.7 Å². The minimum Gasteiger partial charge on any atom is -0.478 e. The van der Waals surface area contributed by atoms with Gasteiger partial charge in [0.15, 0.2) is 9.76 Å². The van der Waals surface area contributed by atoms with Gasteiger partial charge in [-0.1, -0.05) is 42.8 Å². The summed E-state index contributed by atoms with van der Waals surface area (Å²) >= 11 is 0. The number of aromatic carboxylic acids is 2. The second kappa shape index (κ2) is 12.0. The van der Waals surface area contributed by atoms with Gasteiger partial charge in [-0.25, -0.2) is 9.59 Å². The SMILES string of the molecule is C1CC[SiH2]OC1.O=C(O)c1ccccc1.O=C(O)c1ccccc1. The largest absolute Gasteiger partial charge is 0.478 e. The molecule has 0 spiro atoms. The molecule has 1 saturated heterocycles. The lowest BCUT2D eigenvalue weighted by atomic mass is 10.2. The lowest BCUT2D eigenvalue weighted by Crippen LogP contribution is -2.06. The Balaban J connectivity index is 0.000000184. The van der Waals surface area contributed by atoms with Gasteiger partial charge in [0.05, 0.1) is 11.1 Å². The van der Waals surface area contributed by atoms with Crippen LogP contribution in [-0.2, 0) is 4.43 Å². The zero-order valence-corrected chi connectivity index (χ0v) is 14.8. The molecule has 1 heterocycles. The Bertz CT molecular complexity index is 536. The van der Waals surface area contributed by atoms with Crippen molar-refractivity contribution in [3.8, 4) is 0 Å². The molecule has 1 aliphatic heterocycles. The standard InChI is InChI=1S/2C7H6O2.C4H10OSi/c2*8-7(9)6-4-2-1-3-5-6;1-2-4-6-5-3-1/h2*1-5H,(H,8,9);1-4,6H2. The summed E-state index contributed by atoms with van der Waals surface area (Å²) in [4.78, 5) is 20.4. The van der Waals surface area contributed by atoms with Gasteiger partial charge >= 0.3 is 11.9 Å². The predicted octanol–water partition coefficient (Wildman–Crippen LogP) is 3.07. The van der Waals surface area contributed by atoms with Gasteiger partial charge in [0.1, 0.15) is 0 Å². The molecule has 0 atom stereocenters. The van der Waals surface area contributed by atoms with Crippen LogP contribution in [0.5, 0.6) is 0 Å². The summed E-state index contributed by atoms with van der Waals surface area (Å²) in [6.45, 7) is 1.06. The zero-order valence-electron chi connectivity index (χ0n) is 13.4. The molecule has 0 aliphatic carbocycles. The van der Waals surface area contributed by atoms with Gasteiger partial charge in [0, 0.05) is 6.61 Å². The van der Waals surface area contributed by atoms with Crippen LogP contribution in [-0.4, -0.2) is 38.5 Å². The number of rotatable bonds is 2. The number of carbonyl (C=O) groups is 2. The number of carboxylic acid groups (broad SMARTS) is 2. The molecule has 5 nitrogen and oxygen atoms in total. The summed E-state index contributed by atoms with van der Waals surface area (Å²) in [7, 11) is 0.00849. The average molecular weight is 346 g/mol. The molecule has 1 aliphatic rings. The van der Waals surface area contributed by atoms with Crippen LogP contribution < -0.4 is 0 Å². The quantitative estimate of drug-likeness (QED) is 0.817. The van der Waals surface area contributed by atoms with Crippen molar-refractivity contribution in [1.82, 2.24) is 0 Å². The lowest BCUT2D eigenvalue weighted by Gasteiger charge is -2.07. The molecule has 0 saturated carbocycles. The number of benzene rings is 2. The number of hydrogen-bond donors (Lipinski definition) is 2. The molecule has 24 heavy (non-hydrogen) atoms. The molecule has 2 aromatic carbocycles. The monoisotopic (exact) mass is 346 g/mol. The molecule has 0 unspecified atom stereocenters. The van der Waals surface area contributed by atoms with Gasteiger partial charge in [0.25, 0.3) is 0 Å². The van der Waals surface area contributed by atoms with Crippen molar-refractivity contribution in [3.63, 3.8) is 0 Å². The van der Waals surface area contributed by atoms with Crippen LogP contribution >= 0.6 is 0 Å². The van der Waals surface area contributed by atoms with Crippen molar-refractivity contribution < 1.29 is 24.2 Å². The molecule has 2 N–H and O–H groups in total. The Morgan fingerprint density at radius 1 is 0.792 bits per heavy atom. The number of hydrogen-bond acceptors (Lipinski definition) is 3. The van der Waals surface area contributed by atoms with Crippen LogP contribution in [0.3, 0.4) is 0 Å². The highest BCUT2D eigenvalue weighted by atomic mass is 28.2. The van der Waals surface area contributed by atoms with Crippen LogP contribution in [0.4, 0.5) is 0 Å². The summed E-state index contributed by atoms with van der Waals surface area (Å²) in [6, 6.07) is 18.0. The summed E-state index contributed by atoms with van der Waals surface area (Å²) < 4.78 is 5.21. The van der Waals surface area contributed by atoms with Crippen LogP contribution in [0.15, 0.2) is 60.7 Å².